The molecule has 36 heavy (non-hydrogen) atoms. The summed E-state index contributed by atoms with van der Waals surface area (Å²) < 4.78 is 6.09. The molecule has 1 fully saturated rings. The number of ether oxygens (including phenoxy) is 1. The molecule has 1 aliphatic rings. The lowest BCUT2D eigenvalue weighted by Gasteiger charge is -2.32. The first-order chi connectivity index (χ1) is 16.3. The Morgan fingerprint density at radius 3 is 2.25 bits per heavy atom. The van der Waals surface area contributed by atoms with Crippen LogP contribution in [-0.2, 0) is 11.2 Å². The van der Waals surface area contributed by atoms with E-state index >= 15 is 0 Å². The minimum Gasteiger partial charge on any atom is -0.549 e. The Kier molecular flexibility index (Phi) is 10.1. The zero-order valence-corrected chi connectivity index (χ0v) is 21.7. The van der Waals surface area contributed by atoms with Gasteiger partial charge in [0.2, 0.25) is 0 Å². The van der Waals surface area contributed by atoms with Crippen molar-refractivity contribution in [2.24, 2.45) is 5.73 Å². The zero-order chi connectivity index (χ0) is 24.2. The number of carbonyl (C=O) groups excluding carboxylic acids is 1. The number of amidine groups is 2. The molecule has 1 unspecified atom stereocenters. The van der Waals surface area contributed by atoms with E-state index in [2.05, 4.69) is 0 Å². The molecule has 0 saturated carbocycles. The summed E-state index contributed by atoms with van der Waals surface area (Å²) in [5.74, 6) is -0.616. The number of rotatable bonds is 7. The molecular formula is C27H31Cl2N4O3-. The fourth-order valence-electron chi connectivity index (χ4n) is 4.44. The van der Waals surface area contributed by atoms with Crippen molar-refractivity contribution < 1.29 is 14.6 Å². The zero-order valence-electron chi connectivity index (χ0n) is 20.0. The second-order valence-electron chi connectivity index (χ2n) is 8.84. The monoisotopic (exact) mass is 529 g/mol. The van der Waals surface area contributed by atoms with Gasteiger partial charge >= 0.3 is 0 Å². The van der Waals surface area contributed by atoms with Crippen molar-refractivity contribution in [1.82, 2.24) is 4.90 Å². The van der Waals surface area contributed by atoms with Crippen molar-refractivity contribution in [2.45, 2.75) is 38.2 Å². The first-order valence-corrected chi connectivity index (χ1v) is 11.4. The predicted molar refractivity (Wildman–Crippen MR) is 146 cm³/mol. The molecule has 4 N–H and O–H groups in total. The van der Waals surface area contributed by atoms with Crippen LogP contribution in [0.2, 0.25) is 0 Å². The summed E-state index contributed by atoms with van der Waals surface area (Å²) in [7, 11) is 0. The molecule has 7 nitrogen and oxygen atoms in total. The molecule has 0 spiro atoms. The van der Waals surface area contributed by atoms with Crippen molar-refractivity contribution >= 4 is 53.2 Å². The number of hydrogen-bond donors (Lipinski definition) is 3. The number of piperidine rings is 1. The maximum absolute atomic E-state index is 12.0. The van der Waals surface area contributed by atoms with Gasteiger partial charge in [-0.05, 0) is 53.4 Å². The van der Waals surface area contributed by atoms with Crippen LogP contribution in [0.1, 0.15) is 42.4 Å². The van der Waals surface area contributed by atoms with Crippen molar-refractivity contribution in [1.29, 1.82) is 10.8 Å². The van der Waals surface area contributed by atoms with Crippen LogP contribution in [0.3, 0.4) is 0 Å². The van der Waals surface area contributed by atoms with Crippen LogP contribution in [0, 0.1) is 10.8 Å². The van der Waals surface area contributed by atoms with Gasteiger partial charge in [-0.15, -0.1) is 24.8 Å². The molecule has 3 aromatic carbocycles. The van der Waals surface area contributed by atoms with Gasteiger partial charge in [0.25, 0.3) is 0 Å². The van der Waals surface area contributed by atoms with Gasteiger partial charge in [0.15, 0.2) is 0 Å². The lowest BCUT2D eigenvalue weighted by atomic mass is 9.91. The average molecular weight is 530 g/mol. The molecule has 192 valence electrons. The van der Waals surface area contributed by atoms with Crippen LogP contribution in [0.15, 0.2) is 60.7 Å². The molecule has 9 heteroatoms. The van der Waals surface area contributed by atoms with Crippen LogP contribution in [0.25, 0.3) is 10.8 Å². The molecular weight excluding hydrogens is 499 g/mol. The number of fused-ring (bicyclic) bond motifs is 1. The van der Waals surface area contributed by atoms with E-state index < -0.39 is 11.9 Å². The van der Waals surface area contributed by atoms with Crippen LogP contribution in [-0.4, -0.2) is 41.7 Å². The van der Waals surface area contributed by atoms with E-state index in [1.807, 2.05) is 47.4 Å². The molecule has 0 aromatic heterocycles. The minimum absolute atomic E-state index is 0. The number of carboxylic acid groups (broad SMARTS) is 1. The summed E-state index contributed by atoms with van der Waals surface area (Å²) in [4.78, 5) is 14.0. The highest BCUT2D eigenvalue weighted by atomic mass is 35.5. The van der Waals surface area contributed by atoms with Gasteiger partial charge < -0.3 is 25.3 Å². The van der Waals surface area contributed by atoms with E-state index in [0.29, 0.717) is 29.1 Å². The number of carbonyl (C=O) groups is 1. The fourth-order valence-corrected chi connectivity index (χ4v) is 4.44. The van der Waals surface area contributed by atoms with Gasteiger partial charge in [-0.2, -0.15) is 0 Å². The Hall–Kier alpha value is -3.29. The summed E-state index contributed by atoms with van der Waals surface area (Å²) in [6.07, 6.45) is 2.10. The van der Waals surface area contributed by atoms with Crippen LogP contribution < -0.4 is 15.6 Å². The summed E-state index contributed by atoms with van der Waals surface area (Å²) in [6.45, 7) is 3.42. The smallest absolute Gasteiger partial charge is 0.122 e. The predicted octanol–water partition coefficient (Wildman–Crippen LogP) is 3.88. The molecule has 3 aromatic rings. The van der Waals surface area contributed by atoms with Crippen molar-refractivity contribution in [3.05, 3.63) is 77.4 Å². The summed E-state index contributed by atoms with van der Waals surface area (Å²) in [6, 6.07) is 18.6. The molecule has 1 atom stereocenters. The number of nitrogen functional groups attached to an aromatic ring is 1. The molecule has 0 aliphatic carbocycles. The minimum atomic E-state index is -1.12. The third-order valence-electron chi connectivity index (χ3n) is 6.44. The maximum atomic E-state index is 12.0. The number of carboxylic acids is 1. The molecule has 0 bridgehead atoms. The normalized spacial score (nSPS) is 14.3. The molecule has 0 radical (unpaired) electrons. The van der Waals surface area contributed by atoms with E-state index in [9.17, 15) is 9.90 Å². The van der Waals surface area contributed by atoms with Crippen LogP contribution >= 0.6 is 24.8 Å². The number of benzene rings is 3. The second-order valence-corrected chi connectivity index (χ2v) is 8.84. The average Bonchev–Trinajstić information content (AvgIpc) is 2.83. The van der Waals surface area contributed by atoms with Gasteiger partial charge in [0, 0.05) is 43.4 Å². The Bertz CT molecular complexity index is 1230. The number of likely N-dealkylation sites (tertiary alicyclic amines) is 1. The number of nitrogens with two attached hydrogens (primary N) is 1. The highest BCUT2D eigenvalue weighted by Gasteiger charge is 2.21. The molecule has 1 aliphatic heterocycles. The lowest BCUT2D eigenvalue weighted by molar-refractivity contribution is -0.308. The third-order valence-corrected chi connectivity index (χ3v) is 6.44. The highest BCUT2D eigenvalue weighted by molar-refractivity contribution is 5.99. The van der Waals surface area contributed by atoms with E-state index in [-0.39, 0.29) is 36.8 Å². The second kappa shape index (κ2) is 12.6. The van der Waals surface area contributed by atoms with E-state index in [4.69, 9.17) is 21.3 Å². The number of nitrogens with one attached hydrogen (secondary N) is 2. The molecule has 4 rings (SSSR count). The fraction of sp³-hybridized carbons (Fsp3) is 0.296. The SMILES string of the molecule is CC(=N)N1CCC(Oc2ccc(C(Cc3ccc4ccc(C(=N)N)cc4c3)C(=O)[O-])cc2)CC1.Cl.Cl. The Labute approximate surface area is 223 Å². The van der Waals surface area contributed by atoms with Crippen molar-refractivity contribution in [2.75, 3.05) is 13.1 Å². The van der Waals surface area contributed by atoms with E-state index in [1.54, 1.807) is 25.1 Å². The first-order valence-electron chi connectivity index (χ1n) is 11.4. The van der Waals surface area contributed by atoms with Gasteiger partial charge in [-0.3, -0.25) is 10.8 Å². The van der Waals surface area contributed by atoms with E-state index in [1.165, 1.54) is 0 Å². The first kappa shape index (κ1) is 28.9. The Morgan fingerprint density at radius 1 is 1.03 bits per heavy atom. The number of aliphatic carboxylic acids is 1. The molecule has 1 saturated heterocycles. The third kappa shape index (κ3) is 6.89. The van der Waals surface area contributed by atoms with Gasteiger partial charge in [0.05, 0.1) is 5.84 Å². The standard InChI is InChI=1S/C27H30N4O3.2ClH/c1-17(28)31-12-10-24(11-13-31)34-23-8-6-20(7-9-23)25(27(32)33)15-18-2-3-19-4-5-21(26(29)30)16-22(19)14-18;;/h2-9,14,16,24-25,28H,10-13,15H2,1H3,(H3,29,30)(H,32,33);2*1H/p-1. The summed E-state index contributed by atoms with van der Waals surface area (Å²) in [5, 5.41) is 29.3. The number of halogens is 2. The van der Waals surface area contributed by atoms with Crippen molar-refractivity contribution in [3.63, 3.8) is 0 Å². The van der Waals surface area contributed by atoms with Gasteiger partial charge in [-0.1, -0.05) is 42.5 Å². The van der Waals surface area contributed by atoms with Crippen LogP contribution in [0.5, 0.6) is 5.75 Å². The number of nitrogens with zero attached hydrogens (tertiary/aromatic N) is 1. The Balaban J connectivity index is 0.00000228. The van der Waals surface area contributed by atoms with Gasteiger partial charge in [-0.25, -0.2) is 0 Å². The molecule has 1 heterocycles. The van der Waals surface area contributed by atoms with Crippen LogP contribution in [0.4, 0.5) is 0 Å². The number of hydrogen-bond acceptors (Lipinski definition) is 5. The van der Waals surface area contributed by atoms with E-state index in [0.717, 1.165) is 42.3 Å². The summed E-state index contributed by atoms with van der Waals surface area (Å²) in [5.41, 5.74) is 7.78. The topological polar surface area (TPSA) is 126 Å². The lowest BCUT2D eigenvalue weighted by Crippen LogP contribution is -2.40. The summed E-state index contributed by atoms with van der Waals surface area (Å²) >= 11 is 0. The van der Waals surface area contributed by atoms with Crippen molar-refractivity contribution in [3.8, 4) is 5.75 Å². The maximum Gasteiger partial charge on any atom is 0.122 e. The molecule has 0 amide bonds. The largest absolute Gasteiger partial charge is 0.549 e. The van der Waals surface area contributed by atoms with Gasteiger partial charge in [0.1, 0.15) is 17.7 Å². The highest BCUT2D eigenvalue weighted by Crippen LogP contribution is 2.27. The Morgan fingerprint density at radius 2 is 1.67 bits per heavy atom. The quantitative estimate of drug-likeness (QED) is 0.316.